The van der Waals surface area contributed by atoms with E-state index in [0.717, 1.165) is 12.8 Å². The van der Waals surface area contributed by atoms with Crippen molar-refractivity contribution in [2.45, 2.75) is 72.3 Å². The van der Waals surface area contributed by atoms with Crippen LogP contribution in [0.2, 0.25) is 0 Å². The molecule has 0 radical (unpaired) electrons. The summed E-state index contributed by atoms with van der Waals surface area (Å²) in [7, 11) is 0. The van der Waals surface area contributed by atoms with Crippen molar-refractivity contribution in [1.29, 1.82) is 0 Å². The maximum atomic E-state index is 4.99. The van der Waals surface area contributed by atoms with Gasteiger partial charge in [0, 0.05) is 38.4 Å². The van der Waals surface area contributed by atoms with Gasteiger partial charge >= 0.3 is 0 Å². The first-order valence-electron chi connectivity index (χ1n) is 8.84. The Hall–Kier alpha value is -0.882. The molecule has 23 heavy (non-hydrogen) atoms. The van der Waals surface area contributed by atoms with Crippen molar-refractivity contribution in [2.75, 3.05) is 0 Å². The van der Waals surface area contributed by atoms with Crippen molar-refractivity contribution in [2.24, 2.45) is 0 Å². The molecule has 1 aromatic carbocycles. The van der Waals surface area contributed by atoms with E-state index in [-0.39, 0.29) is 21.1 Å². The van der Waals surface area contributed by atoms with Gasteiger partial charge in [0.25, 0.3) is 0 Å². The minimum absolute atomic E-state index is 0. The fourth-order valence-corrected chi connectivity index (χ4v) is 2.99. The molecule has 2 aromatic rings. The van der Waals surface area contributed by atoms with Crippen molar-refractivity contribution in [3.05, 3.63) is 41.7 Å². The Morgan fingerprint density at radius 3 is 2.13 bits per heavy atom. The molecule has 1 aromatic heterocycles. The molecule has 0 amide bonds. The molecule has 0 atom stereocenters. The number of aryl methyl sites for hydroxylation is 1. The Balaban J connectivity index is 0.00000264. The average molecular weight is 494 g/mol. The van der Waals surface area contributed by atoms with Gasteiger partial charge in [-0.2, -0.15) is 5.10 Å². The van der Waals surface area contributed by atoms with Gasteiger partial charge < -0.3 is 0 Å². The standard InChI is InChI=1S/C20H30N2.Pt/c1-5-7-14-18-20(17-12-10-9-11-13-17)19(15-8-6-2)22(21-18)16(3)4;/h9-13,16H,5-8,14-15H2,1-4H3;. The maximum absolute atomic E-state index is 4.99. The Morgan fingerprint density at radius 1 is 0.957 bits per heavy atom. The molecule has 0 aliphatic rings. The van der Waals surface area contributed by atoms with Crippen molar-refractivity contribution >= 4 is 0 Å². The number of nitrogens with zero attached hydrogens (tertiary/aromatic N) is 2. The molecule has 0 saturated carbocycles. The zero-order valence-electron chi connectivity index (χ0n) is 14.9. The molecule has 0 bridgehead atoms. The zero-order chi connectivity index (χ0) is 15.9. The van der Waals surface area contributed by atoms with Crippen LogP contribution in [0.3, 0.4) is 0 Å². The molecule has 1 heterocycles. The van der Waals surface area contributed by atoms with Crippen LogP contribution in [0.4, 0.5) is 0 Å². The molecule has 2 rings (SSSR count). The van der Waals surface area contributed by atoms with E-state index in [1.165, 1.54) is 48.2 Å². The zero-order valence-corrected chi connectivity index (χ0v) is 17.2. The van der Waals surface area contributed by atoms with Gasteiger partial charge in [-0.3, -0.25) is 4.68 Å². The van der Waals surface area contributed by atoms with Crippen LogP contribution in [-0.2, 0) is 33.9 Å². The molecular weight excluding hydrogens is 463 g/mol. The fraction of sp³-hybridized carbons (Fsp3) is 0.550. The van der Waals surface area contributed by atoms with E-state index in [1.54, 1.807) is 0 Å². The first kappa shape index (κ1) is 20.2. The van der Waals surface area contributed by atoms with Crippen molar-refractivity contribution in [1.82, 2.24) is 9.78 Å². The first-order valence-corrected chi connectivity index (χ1v) is 8.84. The van der Waals surface area contributed by atoms with E-state index in [1.807, 2.05) is 0 Å². The molecule has 130 valence electrons. The molecule has 0 aliphatic carbocycles. The fourth-order valence-electron chi connectivity index (χ4n) is 2.99. The monoisotopic (exact) mass is 493 g/mol. The van der Waals surface area contributed by atoms with Gasteiger partial charge in [0.1, 0.15) is 0 Å². The average Bonchev–Trinajstić information content (AvgIpc) is 2.90. The van der Waals surface area contributed by atoms with E-state index in [9.17, 15) is 0 Å². The Morgan fingerprint density at radius 2 is 1.57 bits per heavy atom. The van der Waals surface area contributed by atoms with Crippen LogP contribution in [0.15, 0.2) is 30.3 Å². The van der Waals surface area contributed by atoms with Crippen LogP contribution in [0.1, 0.15) is 70.8 Å². The second-order valence-corrected chi connectivity index (χ2v) is 6.38. The minimum atomic E-state index is 0. The number of hydrogen-bond acceptors (Lipinski definition) is 1. The molecule has 3 heteroatoms. The molecule has 2 nitrogen and oxygen atoms in total. The topological polar surface area (TPSA) is 17.8 Å². The first-order chi connectivity index (χ1) is 10.7. The van der Waals surface area contributed by atoms with Crippen LogP contribution in [0, 0.1) is 0 Å². The van der Waals surface area contributed by atoms with E-state index < -0.39 is 0 Å². The van der Waals surface area contributed by atoms with E-state index in [4.69, 9.17) is 5.10 Å². The second-order valence-electron chi connectivity index (χ2n) is 6.38. The molecule has 0 saturated heterocycles. The summed E-state index contributed by atoms with van der Waals surface area (Å²) in [4.78, 5) is 0. The normalized spacial score (nSPS) is 10.8. The van der Waals surface area contributed by atoms with Gasteiger partial charge in [0.05, 0.1) is 5.69 Å². The summed E-state index contributed by atoms with van der Waals surface area (Å²) >= 11 is 0. The van der Waals surface area contributed by atoms with Crippen LogP contribution < -0.4 is 0 Å². The number of benzene rings is 1. The maximum Gasteiger partial charge on any atom is 0.0706 e. The van der Waals surface area contributed by atoms with Crippen LogP contribution in [0.5, 0.6) is 0 Å². The van der Waals surface area contributed by atoms with Crippen LogP contribution in [-0.4, -0.2) is 9.78 Å². The molecule has 0 fully saturated rings. The van der Waals surface area contributed by atoms with Gasteiger partial charge in [-0.05, 0) is 45.1 Å². The van der Waals surface area contributed by atoms with Gasteiger partial charge in [0.2, 0.25) is 0 Å². The third kappa shape index (κ3) is 5.04. The summed E-state index contributed by atoms with van der Waals surface area (Å²) in [6, 6.07) is 11.2. The van der Waals surface area contributed by atoms with Gasteiger partial charge in [0.15, 0.2) is 0 Å². The van der Waals surface area contributed by atoms with Crippen molar-refractivity contribution < 1.29 is 21.1 Å². The van der Waals surface area contributed by atoms with Crippen LogP contribution >= 0.6 is 0 Å². The van der Waals surface area contributed by atoms with Gasteiger partial charge in [-0.15, -0.1) is 0 Å². The Kier molecular flexibility index (Phi) is 8.84. The third-order valence-corrected chi connectivity index (χ3v) is 4.17. The summed E-state index contributed by atoms with van der Waals surface area (Å²) in [6.07, 6.45) is 7.08. The molecule has 0 unspecified atom stereocenters. The summed E-state index contributed by atoms with van der Waals surface area (Å²) in [6.45, 7) is 8.98. The SMILES string of the molecule is CCCCc1nn(C(C)C)c(CCCC)c1-c1ccccc1.[Pt]. The number of unbranched alkanes of at least 4 members (excludes halogenated alkanes) is 2. The molecular formula is C20H30N2Pt. The predicted octanol–water partition coefficient (Wildman–Crippen LogP) is 5.81. The summed E-state index contributed by atoms with van der Waals surface area (Å²) < 4.78 is 2.27. The van der Waals surface area contributed by atoms with E-state index in [0.29, 0.717) is 6.04 Å². The summed E-state index contributed by atoms with van der Waals surface area (Å²) in [5.74, 6) is 0. The summed E-state index contributed by atoms with van der Waals surface area (Å²) in [5.41, 5.74) is 5.44. The Bertz CT molecular complexity index is 573. The molecule has 0 N–H and O–H groups in total. The molecule has 0 spiro atoms. The Labute approximate surface area is 155 Å². The third-order valence-electron chi connectivity index (χ3n) is 4.17. The van der Waals surface area contributed by atoms with Crippen molar-refractivity contribution in [3.63, 3.8) is 0 Å². The molecule has 0 aliphatic heterocycles. The van der Waals surface area contributed by atoms with E-state index in [2.05, 4.69) is 62.7 Å². The predicted molar refractivity (Wildman–Crippen MR) is 95.3 cm³/mol. The number of rotatable bonds is 8. The largest absolute Gasteiger partial charge is 0.266 e. The second kappa shape index (κ2) is 10.1. The van der Waals surface area contributed by atoms with Crippen molar-refractivity contribution in [3.8, 4) is 11.1 Å². The number of hydrogen-bond donors (Lipinski definition) is 0. The number of aromatic nitrogens is 2. The van der Waals surface area contributed by atoms with Gasteiger partial charge in [-0.1, -0.05) is 57.0 Å². The smallest absolute Gasteiger partial charge is 0.0706 e. The van der Waals surface area contributed by atoms with Gasteiger partial charge in [-0.25, -0.2) is 0 Å². The quantitative estimate of drug-likeness (QED) is 0.454. The van der Waals surface area contributed by atoms with E-state index >= 15 is 0 Å². The van der Waals surface area contributed by atoms with Crippen LogP contribution in [0.25, 0.3) is 11.1 Å². The summed E-state index contributed by atoms with van der Waals surface area (Å²) in [5, 5.41) is 4.99. The minimum Gasteiger partial charge on any atom is -0.266 e.